The van der Waals surface area contributed by atoms with E-state index in [1.54, 1.807) is 12.1 Å². The van der Waals surface area contributed by atoms with Crippen molar-refractivity contribution in [1.29, 1.82) is 0 Å². The van der Waals surface area contributed by atoms with Gasteiger partial charge in [0.15, 0.2) is 0 Å². The lowest BCUT2D eigenvalue weighted by Crippen LogP contribution is -2.60. The molecule has 0 aliphatic carbocycles. The average Bonchev–Trinajstić information content (AvgIpc) is 2.45. The van der Waals surface area contributed by atoms with Gasteiger partial charge in [0.2, 0.25) is 0 Å². The Kier molecular flexibility index (Phi) is 3.49. The number of nitro groups is 1. The van der Waals surface area contributed by atoms with Crippen molar-refractivity contribution in [2.45, 2.75) is 19.8 Å². The van der Waals surface area contributed by atoms with Crippen molar-refractivity contribution >= 4 is 17.1 Å². The molecule has 0 aromatic heterocycles. The second kappa shape index (κ2) is 5.18. The fraction of sp³-hybridized carbons (Fsp3) is 0.600. The number of likely N-dealkylation sites (tertiary alicyclic amines) is 1. The van der Waals surface area contributed by atoms with Gasteiger partial charge in [-0.2, -0.15) is 0 Å². The van der Waals surface area contributed by atoms with Crippen molar-refractivity contribution < 1.29 is 4.92 Å². The fourth-order valence-electron chi connectivity index (χ4n) is 3.49. The van der Waals surface area contributed by atoms with Gasteiger partial charge in [0.25, 0.3) is 5.69 Å². The first-order chi connectivity index (χ1) is 10.0. The van der Waals surface area contributed by atoms with E-state index < -0.39 is 4.92 Å². The monoisotopic (exact) mass is 290 g/mol. The van der Waals surface area contributed by atoms with Crippen molar-refractivity contribution in [3.8, 4) is 0 Å². The van der Waals surface area contributed by atoms with E-state index in [9.17, 15) is 10.1 Å². The maximum atomic E-state index is 11.0. The molecule has 6 nitrogen and oxygen atoms in total. The van der Waals surface area contributed by atoms with Gasteiger partial charge in [0, 0.05) is 30.3 Å². The van der Waals surface area contributed by atoms with Crippen molar-refractivity contribution in [3.63, 3.8) is 0 Å². The van der Waals surface area contributed by atoms with Gasteiger partial charge < -0.3 is 15.5 Å². The number of rotatable bonds is 3. The molecule has 1 spiro atoms. The van der Waals surface area contributed by atoms with Gasteiger partial charge in [-0.05, 0) is 44.6 Å². The van der Waals surface area contributed by atoms with Crippen molar-refractivity contribution in [1.82, 2.24) is 4.90 Å². The topological polar surface area (TPSA) is 75.6 Å². The van der Waals surface area contributed by atoms with Gasteiger partial charge in [0.05, 0.1) is 4.92 Å². The Morgan fingerprint density at radius 2 is 2.00 bits per heavy atom. The lowest BCUT2D eigenvalue weighted by molar-refractivity contribution is -0.383. The number of nitrogen functional groups attached to an aromatic ring is 1. The Morgan fingerprint density at radius 1 is 1.33 bits per heavy atom. The highest BCUT2D eigenvalue weighted by Crippen LogP contribution is 2.43. The summed E-state index contributed by atoms with van der Waals surface area (Å²) in [5.74, 6) is 0. The smallest absolute Gasteiger partial charge is 0.294 e. The van der Waals surface area contributed by atoms with Crippen LogP contribution in [0.4, 0.5) is 17.1 Å². The molecule has 1 aromatic carbocycles. The Labute approximate surface area is 124 Å². The van der Waals surface area contributed by atoms with Crippen LogP contribution in [-0.4, -0.2) is 42.5 Å². The SMILES string of the molecule is CCN1CCC2(CC1)CN(c1ccc(N)c([N+](=O)[O-])c1)C2. The molecular weight excluding hydrogens is 268 g/mol. The zero-order valence-corrected chi connectivity index (χ0v) is 12.4. The molecule has 0 unspecified atom stereocenters. The molecule has 2 saturated heterocycles. The van der Waals surface area contributed by atoms with Gasteiger partial charge in [-0.1, -0.05) is 6.92 Å². The molecule has 0 saturated carbocycles. The Bertz CT molecular complexity index is 545. The largest absolute Gasteiger partial charge is 0.393 e. The quantitative estimate of drug-likeness (QED) is 0.524. The summed E-state index contributed by atoms with van der Waals surface area (Å²) < 4.78 is 0. The molecule has 0 atom stereocenters. The first-order valence-electron chi connectivity index (χ1n) is 7.54. The number of benzene rings is 1. The lowest BCUT2D eigenvalue weighted by atomic mass is 9.71. The second-order valence-corrected chi connectivity index (χ2v) is 6.29. The predicted molar refractivity (Wildman–Crippen MR) is 83.5 cm³/mol. The minimum Gasteiger partial charge on any atom is -0.393 e. The van der Waals surface area contributed by atoms with E-state index >= 15 is 0 Å². The summed E-state index contributed by atoms with van der Waals surface area (Å²) in [6, 6.07) is 5.12. The number of hydrogen-bond donors (Lipinski definition) is 1. The third-order valence-electron chi connectivity index (χ3n) is 4.99. The molecule has 0 amide bonds. The van der Waals surface area contributed by atoms with Crippen LogP contribution in [0, 0.1) is 15.5 Å². The molecular formula is C15H22N4O2. The molecule has 0 radical (unpaired) electrons. The Balaban J connectivity index is 1.67. The van der Waals surface area contributed by atoms with E-state index in [4.69, 9.17) is 5.73 Å². The molecule has 2 fully saturated rings. The highest BCUT2D eigenvalue weighted by molar-refractivity contribution is 5.67. The highest BCUT2D eigenvalue weighted by Gasteiger charge is 2.44. The molecule has 2 aliphatic heterocycles. The normalized spacial score (nSPS) is 21.3. The van der Waals surface area contributed by atoms with Gasteiger partial charge in [-0.3, -0.25) is 10.1 Å². The van der Waals surface area contributed by atoms with Crippen LogP contribution in [0.25, 0.3) is 0 Å². The summed E-state index contributed by atoms with van der Waals surface area (Å²) in [6.07, 6.45) is 2.46. The number of hydrogen-bond acceptors (Lipinski definition) is 5. The maximum Gasteiger partial charge on any atom is 0.294 e. The number of nitrogens with two attached hydrogens (primary N) is 1. The Morgan fingerprint density at radius 3 is 2.57 bits per heavy atom. The van der Waals surface area contributed by atoms with Gasteiger partial charge in [0.1, 0.15) is 5.69 Å². The van der Waals surface area contributed by atoms with Crippen LogP contribution >= 0.6 is 0 Å². The zero-order valence-electron chi connectivity index (χ0n) is 12.4. The molecule has 3 rings (SSSR count). The van der Waals surface area contributed by atoms with E-state index in [0.717, 1.165) is 25.3 Å². The zero-order chi connectivity index (χ0) is 15.0. The van der Waals surface area contributed by atoms with Crippen molar-refractivity contribution in [2.24, 2.45) is 5.41 Å². The highest BCUT2D eigenvalue weighted by atomic mass is 16.6. The van der Waals surface area contributed by atoms with Crippen LogP contribution in [-0.2, 0) is 0 Å². The second-order valence-electron chi connectivity index (χ2n) is 6.29. The lowest BCUT2D eigenvalue weighted by Gasteiger charge is -2.55. The summed E-state index contributed by atoms with van der Waals surface area (Å²) in [7, 11) is 0. The molecule has 21 heavy (non-hydrogen) atoms. The first-order valence-corrected chi connectivity index (χ1v) is 7.54. The summed E-state index contributed by atoms with van der Waals surface area (Å²) in [6.45, 7) is 7.69. The third-order valence-corrected chi connectivity index (χ3v) is 4.99. The molecule has 2 heterocycles. The molecule has 0 bridgehead atoms. The predicted octanol–water partition coefficient (Wildman–Crippen LogP) is 2.10. The number of piperidine rings is 1. The van der Waals surface area contributed by atoms with Crippen LogP contribution in [0.15, 0.2) is 18.2 Å². The summed E-state index contributed by atoms with van der Waals surface area (Å²) in [5, 5.41) is 11.0. The number of nitrogens with zero attached hydrogens (tertiary/aromatic N) is 3. The molecule has 114 valence electrons. The fourth-order valence-corrected chi connectivity index (χ4v) is 3.49. The van der Waals surface area contributed by atoms with Gasteiger partial charge in [-0.15, -0.1) is 0 Å². The van der Waals surface area contributed by atoms with Crippen LogP contribution in [0.1, 0.15) is 19.8 Å². The van der Waals surface area contributed by atoms with E-state index in [1.807, 2.05) is 6.07 Å². The molecule has 6 heteroatoms. The standard InChI is InChI=1S/C15H22N4O2/c1-2-17-7-5-15(6-8-17)10-18(11-15)12-3-4-13(16)14(9-12)19(20)21/h3-4,9H,2,5-8,10-11,16H2,1H3. The van der Waals surface area contributed by atoms with Gasteiger partial charge in [-0.25, -0.2) is 0 Å². The molecule has 2 N–H and O–H groups in total. The van der Waals surface area contributed by atoms with Crippen molar-refractivity contribution in [3.05, 3.63) is 28.3 Å². The van der Waals surface area contributed by atoms with Crippen LogP contribution in [0.5, 0.6) is 0 Å². The van der Waals surface area contributed by atoms with Crippen LogP contribution < -0.4 is 10.6 Å². The number of nitro benzene ring substituents is 1. The van der Waals surface area contributed by atoms with E-state index in [1.165, 1.54) is 25.9 Å². The minimum atomic E-state index is -0.409. The van der Waals surface area contributed by atoms with Gasteiger partial charge >= 0.3 is 0 Å². The van der Waals surface area contributed by atoms with E-state index in [0.29, 0.717) is 5.41 Å². The average molecular weight is 290 g/mol. The molecule has 1 aromatic rings. The van der Waals surface area contributed by atoms with Crippen LogP contribution in [0.2, 0.25) is 0 Å². The van der Waals surface area contributed by atoms with Crippen LogP contribution in [0.3, 0.4) is 0 Å². The first kappa shape index (κ1) is 14.1. The summed E-state index contributed by atoms with van der Waals surface area (Å²) in [4.78, 5) is 15.3. The third kappa shape index (κ3) is 2.55. The van der Waals surface area contributed by atoms with E-state index in [2.05, 4.69) is 16.7 Å². The minimum absolute atomic E-state index is 0.00857. The Hall–Kier alpha value is -1.82. The maximum absolute atomic E-state index is 11.0. The number of anilines is 2. The molecule has 2 aliphatic rings. The summed E-state index contributed by atoms with van der Waals surface area (Å²) >= 11 is 0. The summed E-state index contributed by atoms with van der Waals surface area (Å²) in [5.41, 5.74) is 7.23. The van der Waals surface area contributed by atoms with Crippen molar-refractivity contribution in [2.75, 3.05) is 43.4 Å². The van der Waals surface area contributed by atoms with E-state index in [-0.39, 0.29) is 11.4 Å².